The topological polar surface area (TPSA) is 41.4 Å². The van der Waals surface area contributed by atoms with Crippen molar-refractivity contribution >= 4 is 34.8 Å². The summed E-state index contributed by atoms with van der Waals surface area (Å²) in [5, 5.41) is 0.972. The zero-order chi connectivity index (χ0) is 22.3. The van der Waals surface area contributed by atoms with Crippen molar-refractivity contribution in [3.8, 4) is 5.00 Å². The second kappa shape index (κ2) is 8.47. The van der Waals surface area contributed by atoms with Crippen molar-refractivity contribution < 1.29 is 18.0 Å². The maximum absolute atomic E-state index is 13.6. The number of carbonyl (C=O) groups excluding carboxylic acids is 1. The monoisotopic (exact) mass is 478 g/mol. The molecule has 168 valence electrons. The average molecular weight is 479 g/mol. The quantitative estimate of drug-likeness (QED) is 0.547. The molecule has 1 fully saturated rings. The predicted molar refractivity (Wildman–Crippen MR) is 121 cm³/mol. The molecule has 0 spiro atoms. The molecule has 0 unspecified atom stereocenters. The molecule has 5 heterocycles. The van der Waals surface area contributed by atoms with E-state index in [-0.39, 0.29) is 5.91 Å². The number of alkyl halides is 3. The van der Waals surface area contributed by atoms with Crippen LogP contribution >= 0.6 is 23.1 Å². The third kappa shape index (κ3) is 4.01. The zero-order valence-corrected chi connectivity index (χ0v) is 18.8. The number of pyridine rings is 1. The van der Waals surface area contributed by atoms with Gasteiger partial charge in [0.1, 0.15) is 10.8 Å². The zero-order valence-electron chi connectivity index (χ0n) is 17.1. The third-order valence-electron chi connectivity index (χ3n) is 5.82. The van der Waals surface area contributed by atoms with Crippen LogP contribution in [0.1, 0.15) is 26.4 Å². The Morgan fingerprint density at radius 3 is 2.47 bits per heavy atom. The van der Waals surface area contributed by atoms with Gasteiger partial charge in [-0.1, -0.05) is 0 Å². The van der Waals surface area contributed by atoms with Gasteiger partial charge >= 0.3 is 6.18 Å². The first-order chi connectivity index (χ1) is 15.4. The highest BCUT2D eigenvalue weighted by molar-refractivity contribution is 7.98. The molecule has 1 amide bonds. The minimum absolute atomic E-state index is 0.0399. The number of hydrogen-bond donors (Lipinski definition) is 0. The van der Waals surface area contributed by atoms with Crippen LogP contribution in [-0.2, 0) is 18.3 Å². The van der Waals surface area contributed by atoms with E-state index in [0.29, 0.717) is 32.0 Å². The van der Waals surface area contributed by atoms with E-state index in [0.717, 1.165) is 40.8 Å². The lowest BCUT2D eigenvalue weighted by Gasteiger charge is -2.35. The number of rotatable bonds is 3. The number of anilines is 1. The number of thioether (sulfide) groups is 1. The molecule has 0 N–H and O–H groups in total. The van der Waals surface area contributed by atoms with Crippen molar-refractivity contribution in [2.24, 2.45) is 0 Å². The van der Waals surface area contributed by atoms with Crippen molar-refractivity contribution in [3.05, 3.63) is 64.4 Å². The van der Waals surface area contributed by atoms with E-state index in [4.69, 9.17) is 0 Å². The Bertz CT molecular complexity index is 1100. The first kappa shape index (κ1) is 21.4. The molecule has 3 aromatic heterocycles. The van der Waals surface area contributed by atoms with E-state index in [2.05, 4.69) is 4.98 Å². The van der Waals surface area contributed by atoms with Crippen molar-refractivity contribution in [1.29, 1.82) is 0 Å². The minimum atomic E-state index is -4.40. The number of thiophene rings is 1. The van der Waals surface area contributed by atoms with Crippen LogP contribution in [0.15, 0.2) is 42.9 Å². The molecule has 2 aliphatic rings. The predicted octanol–water partition coefficient (Wildman–Crippen LogP) is 4.70. The van der Waals surface area contributed by atoms with Crippen LogP contribution in [0.4, 0.5) is 19.0 Å². The Balaban J connectivity index is 1.34. The first-order valence-corrected chi connectivity index (χ1v) is 12.3. The molecule has 10 heteroatoms. The van der Waals surface area contributed by atoms with Gasteiger partial charge < -0.3 is 14.4 Å². The molecule has 2 aliphatic heterocycles. The second-order valence-corrected chi connectivity index (χ2v) is 9.95. The normalized spacial score (nSPS) is 16.8. The summed E-state index contributed by atoms with van der Waals surface area (Å²) >= 11 is 3.59. The molecule has 3 aromatic rings. The summed E-state index contributed by atoms with van der Waals surface area (Å²) in [7, 11) is 0. The van der Waals surface area contributed by atoms with Crippen LogP contribution in [0.2, 0.25) is 0 Å². The maximum atomic E-state index is 13.6. The maximum Gasteiger partial charge on any atom is 0.417 e. The molecule has 32 heavy (non-hydrogen) atoms. The second-order valence-electron chi connectivity index (χ2n) is 7.76. The van der Waals surface area contributed by atoms with E-state index in [1.54, 1.807) is 11.3 Å². The average Bonchev–Trinajstić information content (AvgIpc) is 3.46. The van der Waals surface area contributed by atoms with E-state index >= 15 is 0 Å². The van der Waals surface area contributed by atoms with Crippen LogP contribution < -0.4 is 4.90 Å². The number of amides is 1. The Morgan fingerprint density at radius 2 is 1.81 bits per heavy atom. The Hall–Kier alpha value is -2.46. The fraction of sp³-hybridized carbons (Fsp3) is 0.364. The van der Waals surface area contributed by atoms with E-state index in [9.17, 15) is 18.0 Å². The number of fused-ring (bicyclic) bond motifs is 1. The van der Waals surface area contributed by atoms with E-state index in [1.165, 1.54) is 16.5 Å². The summed E-state index contributed by atoms with van der Waals surface area (Å²) in [6.45, 7) is 2.08. The van der Waals surface area contributed by atoms with Crippen LogP contribution in [0.25, 0.3) is 5.00 Å². The summed E-state index contributed by atoms with van der Waals surface area (Å²) < 4.78 is 40.4. The summed E-state index contributed by atoms with van der Waals surface area (Å²) in [5.41, 5.74) is 1.23. The lowest BCUT2D eigenvalue weighted by atomic mass is 10.1. The van der Waals surface area contributed by atoms with Crippen LogP contribution in [0, 0.1) is 0 Å². The fourth-order valence-electron chi connectivity index (χ4n) is 4.13. The summed E-state index contributed by atoms with van der Waals surface area (Å²) in [4.78, 5) is 22.7. The van der Waals surface area contributed by atoms with Crippen molar-refractivity contribution in [2.45, 2.75) is 18.3 Å². The standard InChI is InChI=1S/C22H21F3N4OS2/c23-22(24,25)15-3-4-18(26-13-15)27-8-10-28(11-9-27)20(30)19-16-5-12-31-14-17(16)32-21(19)29-6-1-2-7-29/h1-4,6-7,13H,5,8-12,14H2. The minimum Gasteiger partial charge on any atom is -0.353 e. The molecule has 1 saturated heterocycles. The Morgan fingerprint density at radius 1 is 1.06 bits per heavy atom. The van der Waals surface area contributed by atoms with Gasteiger partial charge in [-0.2, -0.15) is 24.9 Å². The number of halogens is 3. The highest BCUT2D eigenvalue weighted by atomic mass is 32.2. The SMILES string of the molecule is O=C(c1c(-n2cccc2)sc2c1CCSC2)N1CCN(c2ccc(C(F)(F)F)cn2)CC1. The number of hydrogen-bond acceptors (Lipinski definition) is 5. The highest BCUT2D eigenvalue weighted by Crippen LogP contribution is 2.39. The first-order valence-electron chi connectivity index (χ1n) is 10.3. The molecular formula is C22H21F3N4OS2. The van der Waals surface area contributed by atoms with Crippen molar-refractivity contribution in [2.75, 3.05) is 36.8 Å². The van der Waals surface area contributed by atoms with Gasteiger partial charge in [0.05, 0.1) is 11.1 Å². The number of carbonyl (C=O) groups is 1. The van der Waals surface area contributed by atoms with Gasteiger partial charge in [0.25, 0.3) is 5.91 Å². The van der Waals surface area contributed by atoms with E-state index in [1.807, 2.05) is 50.7 Å². The van der Waals surface area contributed by atoms with Crippen molar-refractivity contribution in [1.82, 2.24) is 14.5 Å². The fourth-order valence-corrected chi connectivity index (χ4v) is 6.57. The summed E-state index contributed by atoms with van der Waals surface area (Å²) in [5.74, 6) is 2.50. The van der Waals surface area contributed by atoms with Gasteiger partial charge in [-0.25, -0.2) is 4.98 Å². The largest absolute Gasteiger partial charge is 0.417 e. The molecule has 5 rings (SSSR count). The number of piperazine rings is 1. The molecule has 5 nitrogen and oxygen atoms in total. The highest BCUT2D eigenvalue weighted by Gasteiger charge is 2.33. The molecular weight excluding hydrogens is 457 g/mol. The molecule has 0 bridgehead atoms. The van der Waals surface area contributed by atoms with Gasteiger partial charge in [0.15, 0.2) is 0 Å². The van der Waals surface area contributed by atoms with Crippen molar-refractivity contribution in [3.63, 3.8) is 0 Å². The Kier molecular flexibility index (Phi) is 5.66. The smallest absolute Gasteiger partial charge is 0.353 e. The third-order valence-corrected chi connectivity index (χ3v) is 8.23. The lowest BCUT2D eigenvalue weighted by Crippen LogP contribution is -2.49. The van der Waals surface area contributed by atoms with Crippen LogP contribution in [-0.4, -0.2) is 52.3 Å². The van der Waals surface area contributed by atoms with Gasteiger partial charge in [-0.15, -0.1) is 11.3 Å². The van der Waals surface area contributed by atoms with E-state index < -0.39 is 11.7 Å². The van der Waals surface area contributed by atoms with Crippen LogP contribution in [0.5, 0.6) is 0 Å². The molecule has 0 aliphatic carbocycles. The summed E-state index contributed by atoms with van der Waals surface area (Å²) in [6, 6.07) is 6.37. The Labute approximate surface area is 191 Å². The van der Waals surface area contributed by atoms with Gasteiger partial charge in [0.2, 0.25) is 0 Å². The lowest BCUT2D eigenvalue weighted by molar-refractivity contribution is -0.137. The molecule has 0 radical (unpaired) electrons. The number of nitrogens with zero attached hydrogens (tertiary/aromatic N) is 4. The number of aromatic nitrogens is 2. The molecule has 0 aromatic carbocycles. The summed E-state index contributed by atoms with van der Waals surface area (Å²) in [6.07, 6.45) is 1.30. The van der Waals surface area contributed by atoms with Crippen LogP contribution in [0.3, 0.4) is 0 Å². The molecule has 0 saturated carbocycles. The van der Waals surface area contributed by atoms with Gasteiger partial charge in [-0.05, 0) is 42.0 Å². The van der Waals surface area contributed by atoms with Gasteiger partial charge in [-0.3, -0.25) is 4.79 Å². The van der Waals surface area contributed by atoms with Gasteiger partial charge in [0, 0.05) is 55.4 Å². The molecule has 0 atom stereocenters.